The molecule has 6 aromatic carbocycles. The molecule has 59 heavy (non-hydrogen) atoms. The van der Waals surface area contributed by atoms with Crippen molar-refractivity contribution in [2.45, 2.75) is 89.5 Å². The fourth-order valence-electron chi connectivity index (χ4n) is 7.36. The Morgan fingerprint density at radius 1 is 0.305 bits per heavy atom. The van der Waals surface area contributed by atoms with E-state index in [0.717, 1.165) is 77.9 Å². The first kappa shape index (κ1) is 43.2. The molecule has 0 aliphatic carbocycles. The summed E-state index contributed by atoms with van der Waals surface area (Å²) in [7, 11) is -8.56. The Hall–Kier alpha value is -5.42. The molecule has 0 heterocycles. The van der Waals surface area contributed by atoms with Gasteiger partial charge in [-0.3, -0.25) is 0 Å². The average Bonchev–Trinajstić information content (AvgIpc) is 3.15. The van der Waals surface area contributed by atoms with Crippen molar-refractivity contribution in [1.82, 2.24) is 0 Å². The van der Waals surface area contributed by atoms with Crippen molar-refractivity contribution in [2.24, 2.45) is 0 Å². The molecule has 0 amide bonds. The van der Waals surface area contributed by atoms with Gasteiger partial charge < -0.3 is 27.1 Å². The van der Waals surface area contributed by atoms with Crippen LogP contribution in [0.5, 0.6) is 34.5 Å². The number of phosphoric ester groups is 2. The first-order valence-corrected chi connectivity index (χ1v) is 22.6. The van der Waals surface area contributed by atoms with Crippen molar-refractivity contribution in [1.29, 1.82) is 0 Å². The molecule has 8 nitrogen and oxygen atoms in total. The molecule has 0 fully saturated rings. The minimum atomic E-state index is -4.28. The van der Waals surface area contributed by atoms with Gasteiger partial charge in [0.05, 0.1) is 0 Å². The summed E-state index contributed by atoms with van der Waals surface area (Å²) in [6, 6.07) is 31.0. The quantitative estimate of drug-likeness (QED) is 0.100. The summed E-state index contributed by atoms with van der Waals surface area (Å²) in [6.45, 7) is 22.9. The third kappa shape index (κ3) is 9.90. The fraction of sp³-hybridized carbons (Fsp3) is 0.265. The minimum Gasteiger partial charge on any atom is -0.385 e. The lowest BCUT2D eigenvalue weighted by atomic mass is 9.97. The Kier molecular flexibility index (Phi) is 12.8. The van der Waals surface area contributed by atoms with Gasteiger partial charge in [0.2, 0.25) is 0 Å². The van der Waals surface area contributed by atoms with Gasteiger partial charge in [0.25, 0.3) is 0 Å². The van der Waals surface area contributed by atoms with E-state index in [2.05, 4.69) is 0 Å². The maximum Gasteiger partial charge on any atom is 0.647 e. The molecule has 0 saturated carbocycles. The Bertz CT molecular complexity index is 2220. The minimum absolute atomic E-state index is 0.425. The third-order valence-electron chi connectivity index (χ3n) is 10.3. The van der Waals surface area contributed by atoms with Gasteiger partial charge in [-0.25, -0.2) is 0 Å². The van der Waals surface area contributed by atoms with Crippen LogP contribution in [0.3, 0.4) is 0 Å². The van der Waals surface area contributed by atoms with Gasteiger partial charge in [-0.15, -0.1) is 0 Å². The van der Waals surface area contributed by atoms with Crippen molar-refractivity contribution in [3.05, 3.63) is 175 Å². The van der Waals surface area contributed by atoms with E-state index in [1.807, 2.05) is 180 Å². The lowest BCUT2D eigenvalue weighted by molar-refractivity contribution is 0.293. The first-order valence-electron chi connectivity index (χ1n) is 19.7. The van der Waals surface area contributed by atoms with Crippen molar-refractivity contribution in [3.63, 3.8) is 0 Å². The Morgan fingerprint density at radius 2 is 0.475 bits per heavy atom. The molecular formula is C49H54O8P2. The number of aryl methyl sites for hydroxylation is 12. The first-order chi connectivity index (χ1) is 27.8. The largest absolute Gasteiger partial charge is 0.647 e. The zero-order valence-corrected chi connectivity index (χ0v) is 37.9. The molecule has 0 aliphatic heterocycles. The molecule has 0 bridgehead atoms. The summed E-state index contributed by atoms with van der Waals surface area (Å²) < 4.78 is 67.2. The Labute approximate surface area is 349 Å². The third-order valence-corrected chi connectivity index (χ3v) is 12.7. The zero-order valence-electron chi connectivity index (χ0n) is 36.1. The Morgan fingerprint density at radius 3 is 0.661 bits per heavy atom. The molecule has 0 atom stereocenters. The summed E-state index contributed by atoms with van der Waals surface area (Å²) in [5.41, 5.74) is 11.7. The topological polar surface area (TPSA) is 89.5 Å². The molecular weight excluding hydrogens is 778 g/mol. The van der Waals surface area contributed by atoms with Crippen LogP contribution in [0.25, 0.3) is 0 Å². The van der Waals surface area contributed by atoms with Crippen molar-refractivity contribution in [2.75, 3.05) is 0 Å². The number of phosphoric acid groups is 2. The van der Waals surface area contributed by atoms with Crippen LogP contribution in [0.1, 0.15) is 77.9 Å². The van der Waals surface area contributed by atoms with E-state index in [-0.39, 0.29) is 0 Å². The SMILES string of the molecule is Cc1cccc(C)c1OP(=O)(Oc1c(C)cccc1C)Oc1c(C)cc(Cc2cc(C)c(OP(=O)(Oc3c(C)cccc3C)Oc3c(C)cccc3C)c(C)c2)cc1C. The van der Waals surface area contributed by atoms with Crippen LogP contribution in [0.2, 0.25) is 0 Å². The zero-order chi connectivity index (χ0) is 42.8. The summed E-state index contributed by atoms with van der Waals surface area (Å²) in [4.78, 5) is 0. The van der Waals surface area contributed by atoms with Gasteiger partial charge in [-0.2, -0.15) is 9.13 Å². The highest BCUT2D eigenvalue weighted by Crippen LogP contribution is 2.55. The molecule has 0 aromatic heterocycles. The number of para-hydroxylation sites is 4. The standard InChI is InChI=1S/C49H54O8P2/c1-30-17-13-18-31(2)44(30)52-58(50,53-45-32(3)19-14-20-33(45)4)56-48-38(9)25-42(26-39(48)10)29-43-27-40(11)49(41(12)28-43)57-59(51,54-46-34(5)21-15-22-35(46)6)55-47-36(7)23-16-24-37(47)8/h13-28H,29H2,1-12H3. The molecule has 0 unspecified atom stereocenters. The lowest BCUT2D eigenvalue weighted by Gasteiger charge is -2.25. The molecule has 0 spiro atoms. The van der Waals surface area contributed by atoms with Gasteiger partial charge in [0.1, 0.15) is 34.5 Å². The molecule has 6 aromatic rings. The molecule has 0 saturated heterocycles. The predicted molar refractivity (Wildman–Crippen MR) is 237 cm³/mol. The highest BCUT2D eigenvalue weighted by Gasteiger charge is 2.38. The predicted octanol–water partition coefficient (Wildman–Crippen LogP) is 14.3. The highest BCUT2D eigenvalue weighted by molar-refractivity contribution is 7.50. The molecule has 308 valence electrons. The number of hydrogen-bond acceptors (Lipinski definition) is 8. The molecule has 6 rings (SSSR count). The van der Waals surface area contributed by atoms with E-state index in [1.54, 1.807) is 0 Å². The van der Waals surface area contributed by atoms with E-state index in [4.69, 9.17) is 27.1 Å². The molecule has 0 radical (unpaired) electrons. The monoisotopic (exact) mass is 832 g/mol. The fourth-order valence-corrected chi connectivity index (χ4v) is 10.7. The van der Waals surface area contributed by atoms with Crippen LogP contribution in [0, 0.1) is 83.1 Å². The van der Waals surface area contributed by atoms with Gasteiger partial charge in [0, 0.05) is 0 Å². The van der Waals surface area contributed by atoms with E-state index in [0.29, 0.717) is 40.9 Å². The van der Waals surface area contributed by atoms with E-state index >= 15 is 0 Å². The maximum absolute atomic E-state index is 14.8. The second kappa shape index (κ2) is 17.4. The van der Waals surface area contributed by atoms with Gasteiger partial charge >= 0.3 is 15.6 Å². The summed E-state index contributed by atoms with van der Waals surface area (Å²) in [5, 5.41) is 0. The van der Waals surface area contributed by atoms with Crippen molar-refractivity contribution >= 4 is 15.6 Å². The summed E-state index contributed by atoms with van der Waals surface area (Å²) in [6.07, 6.45) is 0.578. The lowest BCUT2D eigenvalue weighted by Crippen LogP contribution is -2.12. The number of hydrogen-bond donors (Lipinski definition) is 0. The highest BCUT2D eigenvalue weighted by atomic mass is 31.2. The van der Waals surface area contributed by atoms with Crippen LogP contribution >= 0.6 is 15.6 Å². The number of benzene rings is 6. The smallest absolute Gasteiger partial charge is 0.385 e. The number of rotatable bonds is 14. The summed E-state index contributed by atoms with van der Waals surface area (Å²) >= 11 is 0. The second-order valence-corrected chi connectivity index (χ2v) is 18.5. The Balaban J connectivity index is 1.29. The van der Waals surface area contributed by atoms with Gasteiger partial charge in [-0.05, 0) is 167 Å². The van der Waals surface area contributed by atoms with Crippen molar-refractivity contribution in [3.8, 4) is 34.5 Å². The molecule has 0 aliphatic rings. The van der Waals surface area contributed by atoms with E-state index < -0.39 is 15.6 Å². The molecule has 10 heteroatoms. The second-order valence-electron chi connectivity index (χ2n) is 15.6. The molecule has 0 N–H and O–H groups in total. The van der Waals surface area contributed by atoms with Crippen LogP contribution in [0.15, 0.2) is 97.1 Å². The van der Waals surface area contributed by atoms with Crippen LogP contribution in [-0.4, -0.2) is 0 Å². The normalized spacial score (nSPS) is 11.6. The van der Waals surface area contributed by atoms with Gasteiger partial charge in [-0.1, -0.05) is 97.1 Å². The summed E-state index contributed by atoms with van der Waals surface area (Å²) in [5.74, 6) is 2.67. The van der Waals surface area contributed by atoms with Crippen molar-refractivity contribution < 1.29 is 36.3 Å². The van der Waals surface area contributed by atoms with E-state index in [9.17, 15) is 9.13 Å². The van der Waals surface area contributed by atoms with Gasteiger partial charge in [0.15, 0.2) is 0 Å². The van der Waals surface area contributed by atoms with Crippen LogP contribution in [-0.2, 0) is 15.6 Å². The van der Waals surface area contributed by atoms with Crippen LogP contribution in [0.4, 0.5) is 0 Å². The van der Waals surface area contributed by atoms with Crippen LogP contribution < -0.4 is 27.1 Å². The van der Waals surface area contributed by atoms with E-state index in [1.165, 1.54) is 0 Å². The maximum atomic E-state index is 14.8. The average molecular weight is 833 g/mol.